The van der Waals surface area contributed by atoms with Crippen molar-refractivity contribution in [1.82, 2.24) is 0 Å². The standard InChI is InChI=1S/C23H19FO3/c1-15-12-18(13-16(2)22(15)25)11-10-17-6-5-7-19(14-17)23(26)27-21-9-4-3-8-20(21)24/h3-14,25H,1-2H3. The van der Waals surface area contributed by atoms with Gasteiger partial charge in [-0.25, -0.2) is 9.18 Å². The maximum atomic E-state index is 13.6. The number of phenols is 1. The van der Waals surface area contributed by atoms with E-state index in [9.17, 15) is 14.3 Å². The van der Waals surface area contributed by atoms with Gasteiger partial charge in [0.05, 0.1) is 5.56 Å². The van der Waals surface area contributed by atoms with Crippen LogP contribution >= 0.6 is 0 Å². The van der Waals surface area contributed by atoms with E-state index < -0.39 is 11.8 Å². The van der Waals surface area contributed by atoms with Gasteiger partial charge in [-0.3, -0.25) is 0 Å². The molecule has 0 heterocycles. The van der Waals surface area contributed by atoms with Gasteiger partial charge in [0.2, 0.25) is 0 Å². The zero-order valence-electron chi connectivity index (χ0n) is 15.1. The molecule has 0 aromatic heterocycles. The Morgan fingerprint density at radius 3 is 2.30 bits per heavy atom. The molecular weight excluding hydrogens is 343 g/mol. The Hall–Kier alpha value is -3.40. The SMILES string of the molecule is Cc1cc(C=Cc2cccc(C(=O)Oc3ccccc3F)c2)cc(C)c1O. The summed E-state index contributed by atoms with van der Waals surface area (Å²) in [5, 5.41) is 9.85. The van der Waals surface area contributed by atoms with Crippen molar-refractivity contribution in [3.63, 3.8) is 0 Å². The summed E-state index contributed by atoms with van der Waals surface area (Å²) in [5.74, 6) is -1.00. The van der Waals surface area contributed by atoms with Crippen molar-refractivity contribution in [3.05, 3.63) is 94.3 Å². The minimum Gasteiger partial charge on any atom is -0.507 e. The van der Waals surface area contributed by atoms with Crippen molar-refractivity contribution < 1.29 is 19.0 Å². The highest BCUT2D eigenvalue weighted by molar-refractivity contribution is 5.92. The largest absolute Gasteiger partial charge is 0.507 e. The lowest BCUT2D eigenvalue weighted by atomic mass is 10.0. The molecule has 3 aromatic rings. The zero-order valence-corrected chi connectivity index (χ0v) is 15.1. The van der Waals surface area contributed by atoms with Crippen molar-refractivity contribution in [3.8, 4) is 11.5 Å². The van der Waals surface area contributed by atoms with Crippen molar-refractivity contribution in [2.45, 2.75) is 13.8 Å². The van der Waals surface area contributed by atoms with Gasteiger partial charge in [0.15, 0.2) is 11.6 Å². The predicted molar refractivity (Wildman–Crippen MR) is 104 cm³/mol. The van der Waals surface area contributed by atoms with Gasteiger partial charge < -0.3 is 9.84 Å². The molecule has 0 atom stereocenters. The molecule has 0 aliphatic rings. The molecule has 0 aliphatic heterocycles. The molecule has 0 unspecified atom stereocenters. The summed E-state index contributed by atoms with van der Waals surface area (Å²) in [6, 6.07) is 16.5. The Morgan fingerprint density at radius 1 is 0.926 bits per heavy atom. The first-order chi connectivity index (χ1) is 12.9. The summed E-state index contributed by atoms with van der Waals surface area (Å²) in [6.07, 6.45) is 3.77. The molecule has 27 heavy (non-hydrogen) atoms. The van der Waals surface area contributed by atoms with Crippen LogP contribution in [-0.4, -0.2) is 11.1 Å². The summed E-state index contributed by atoms with van der Waals surface area (Å²) in [6.45, 7) is 3.69. The first kappa shape index (κ1) is 18.4. The number of ether oxygens (including phenoxy) is 1. The van der Waals surface area contributed by atoms with Gasteiger partial charge in [-0.05, 0) is 72.5 Å². The molecular formula is C23H19FO3. The summed E-state index contributed by atoms with van der Waals surface area (Å²) >= 11 is 0. The van der Waals surface area contributed by atoms with Crippen molar-refractivity contribution in [2.24, 2.45) is 0 Å². The van der Waals surface area contributed by atoms with Crippen LogP contribution in [0.2, 0.25) is 0 Å². The number of halogens is 1. The lowest BCUT2D eigenvalue weighted by Gasteiger charge is -2.06. The second-order valence-corrected chi connectivity index (χ2v) is 6.28. The second-order valence-electron chi connectivity index (χ2n) is 6.28. The highest BCUT2D eigenvalue weighted by Crippen LogP contribution is 2.24. The number of esters is 1. The van der Waals surface area contributed by atoms with Gasteiger partial charge in [0.1, 0.15) is 5.75 Å². The first-order valence-electron chi connectivity index (χ1n) is 8.49. The highest BCUT2D eigenvalue weighted by atomic mass is 19.1. The molecule has 0 aliphatic carbocycles. The Bertz CT molecular complexity index is 999. The Morgan fingerprint density at radius 2 is 1.59 bits per heavy atom. The van der Waals surface area contributed by atoms with Crippen LogP contribution in [-0.2, 0) is 0 Å². The number of hydrogen-bond donors (Lipinski definition) is 1. The van der Waals surface area contributed by atoms with Crippen LogP contribution in [0, 0.1) is 19.7 Å². The lowest BCUT2D eigenvalue weighted by molar-refractivity contribution is 0.0728. The van der Waals surface area contributed by atoms with Crippen LogP contribution in [0.15, 0.2) is 60.7 Å². The minimum atomic E-state index is -0.619. The van der Waals surface area contributed by atoms with E-state index in [0.717, 1.165) is 22.3 Å². The number of aryl methyl sites for hydroxylation is 2. The van der Waals surface area contributed by atoms with E-state index in [1.54, 1.807) is 24.3 Å². The van der Waals surface area contributed by atoms with E-state index in [0.29, 0.717) is 11.3 Å². The number of rotatable bonds is 4. The average molecular weight is 362 g/mol. The molecule has 0 saturated heterocycles. The fourth-order valence-electron chi connectivity index (χ4n) is 2.73. The van der Waals surface area contributed by atoms with E-state index in [4.69, 9.17) is 4.74 Å². The van der Waals surface area contributed by atoms with E-state index in [1.165, 1.54) is 18.2 Å². The quantitative estimate of drug-likeness (QED) is 0.377. The molecule has 3 aromatic carbocycles. The van der Waals surface area contributed by atoms with Crippen LogP contribution < -0.4 is 4.74 Å². The number of aromatic hydroxyl groups is 1. The maximum absolute atomic E-state index is 13.6. The number of carbonyl (C=O) groups excluding carboxylic acids is 1. The molecule has 0 radical (unpaired) electrons. The number of carbonyl (C=O) groups is 1. The van der Waals surface area contributed by atoms with Gasteiger partial charge in [0, 0.05) is 0 Å². The Balaban J connectivity index is 1.79. The fraction of sp³-hybridized carbons (Fsp3) is 0.0870. The van der Waals surface area contributed by atoms with E-state index in [-0.39, 0.29) is 5.75 Å². The molecule has 0 saturated carbocycles. The molecule has 136 valence electrons. The van der Waals surface area contributed by atoms with Crippen molar-refractivity contribution >= 4 is 18.1 Å². The smallest absolute Gasteiger partial charge is 0.343 e. The van der Waals surface area contributed by atoms with Gasteiger partial charge in [-0.2, -0.15) is 0 Å². The topological polar surface area (TPSA) is 46.5 Å². The summed E-state index contributed by atoms with van der Waals surface area (Å²) < 4.78 is 18.8. The average Bonchev–Trinajstić information content (AvgIpc) is 2.66. The van der Waals surface area contributed by atoms with Crippen molar-refractivity contribution in [2.75, 3.05) is 0 Å². The molecule has 3 nitrogen and oxygen atoms in total. The molecule has 0 amide bonds. The van der Waals surface area contributed by atoms with Crippen LogP contribution in [0.4, 0.5) is 4.39 Å². The highest BCUT2D eigenvalue weighted by Gasteiger charge is 2.11. The predicted octanol–water partition coefficient (Wildman–Crippen LogP) is 5.54. The summed E-state index contributed by atoms with van der Waals surface area (Å²) in [5.41, 5.74) is 3.69. The number of para-hydroxylation sites is 1. The van der Waals surface area contributed by atoms with Gasteiger partial charge in [0.25, 0.3) is 0 Å². The number of phenolic OH excluding ortho intramolecular Hbond substituents is 1. The third-order valence-electron chi connectivity index (χ3n) is 4.14. The molecule has 0 bridgehead atoms. The zero-order chi connectivity index (χ0) is 19.4. The van der Waals surface area contributed by atoms with Crippen LogP contribution in [0.3, 0.4) is 0 Å². The van der Waals surface area contributed by atoms with Gasteiger partial charge >= 0.3 is 5.97 Å². The normalized spacial score (nSPS) is 10.9. The van der Waals surface area contributed by atoms with Gasteiger partial charge in [-0.1, -0.05) is 36.4 Å². The minimum absolute atomic E-state index is 0.0986. The molecule has 3 rings (SSSR count). The van der Waals surface area contributed by atoms with E-state index in [1.807, 2.05) is 44.2 Å². The molecule has 0 spiro atoms. The lowest BCUT2D eigenvalue weighted by Crippen LogP contribution is -2.09. The van der Waals surface area contributed by atoms with Gasteiger partial charge in [-0.15, -0.1) is 0 Å². The monoisotopic (exact) mass is 362 g/mol. The number of benzene rings is 3. The molecule has 0 fully saturated rings. The maximum Gasteiger partial charge on any atom is 0.343 e. The van der Waals surface area contributed by atoms with E-state index >= 15 is 0 Å². The third-order valence-corrected chi connectivity index (χ3v) is 4.14. The first-order valence-corrected chi connectivity index (χ1v) is 8.49. The second kappa shape index (κ2) is 7.87. The van der Waals surface area contributed by atoms with Crippen LogP contribution in [0.5, 0.6) is 11.5 Å². The number of hydrogen-bond acceptors (Lipinski definition) is 3. The van der Waals surface area contributed by atoms with Crippen LogP contribution in [0.25, 0.3) is 12.2 Å². The fourth-order valence-corrected chi connectivity index (χ4v) is 2.73. The Labute approximate surface area is 157 Å². The van der Waals surface area contributed by atoms with E-state index in [2.05, 4.69) is 0 Å². The summed E-state index contributed by atoms with van der Waals surface area (Å²) in [7, 11) is 0. The third kappa shape index (κ3) is 4.42. The molecule has 1 N–H and O–H groups in total. The van der Waals surface area contributed by atoms with Crippen molar-refractivity contribution in [1.29, 1.82) is 0 Å². The molecule has 4 heteroatoms. The summed E-state index contributed by atoms with van der Waals surface area (Å²) in [4.78, 5) is 12.3. The Kier molecular flexibility index (Phi) is 5.36. The van der Waals surface area contributed by atoms with Crippen LogP contribution in [0.1, 0.15) is 32.6 Å².